The standard InChI is InChI=1S/C51H82NO8P/c1-3-5-7-9-11-13-15-17-18-19-20-21-22-23-24-25-26-27-28-29-30-32-34-36-38-40-42-44-51(54)60-49(48-59-61(55,56)58-46-45-52)47-57-50(53)43-41-39-37-35-33-31-16-14-12-10-8-6-4-2/h5-8,11-14,17-18,20-21,23-24,26-27,31,33,37,39,49H,3-4,9-10,15-16,19,22,25,28-30,32,34-36,38,40-48,52H2,1-2H3,(H,55,56)/b7-5-,8-6-,13-11-,14-12-,18-17-,21-20-,24-23-,27-26-,33-31-,39-37-. The van der Waals surface area contributed by atoms with Crippen molar-refractivity contribution >= 4 is 19.8 Å². The van der Waals surface area contributed by atoms with Crippen LogP contribution >= 0.6 is 7.82 Å². The summed E-state index contributed by atoms with van der Waals surface area (Å²) in [5.74, 6) is -0.946. The summed E-state index contributed by atoms with van der Waals surface area (Å²) >= 11 is 0. The van der Waals surface area contributed by atoms with Gasteiger partial charge in [-0.1, -0.05) is 174 Å². The molecule has 0 saturated heterocycles. The molecule has 0 bridgehead atoms. The molecule has 10 heteroatoms. The fourth-order valence-corrected chi connectivity index (χ4v) is 6.30. The number of esters is 2. The summed E-state index contributed by atoms with van der Waals surface area (Å²) in [6.07, 6.45) is 62.5. The van der Waals surface area contributed by atoms with Gasteiger partial charge in [0.15, 0.2) is 6.10 Å². The van der Waals surface area contributed by atoms with Gasteiger partial charge in [0.25, 0.3) is 0 Å². The van der Waals surface area contributed by atoms with E-state index in [0.717, 1.165) is 89.9 Å². The molecule has 0 aliphatic heterocycles. The first-order valence-corrected chi connectivity index (χ1v) is 24.5. The molecular weight excluding hydrogens is 786 g/mol. The van der Waals surface area contributed by atoms with Gasteiger partial charge in [0.2, 0.25) is 0 Å². The lowest BCUT2D eigenvalue weighted by molar-refractivity contribution is -0.161. The van der Waals surface area contributed by atoms with Crippen molar-refractivity contribution in [3.05, 3.63) is 122 Å². The molecule has 0 rings (SSSR count). The first kappa shape index (κ1) is 57.4. The smallest absolute Gasteiger partial charge is 0.462 e. The third-order valence-electron chi connectivity index (χ3n) is 8.86. The number of ether oxygens (including phenoxy) is 2. The molecule has 0 fully saturated rings. The van der Waals surface area contributed by atoms with E-state index in [4.69, 9.17) is 24.3 Å². The highest BCUT2D eigenvalue weighted by molar-refractivity contribution is 7.47. The largest absolute Gasteiger partial charge is 0.472 e. The van der Waals surface area contributed by atoms with Crippen LogP contribution in [0.4, 0.5) is 0 Å². The van der Waals surface area contributed by atoms with E-state index < -0.39 is 32.5 Å². The predicted molar refractivity (Wildman–Crippen MR) is 256 cm³/mol. The van der Waals surface area contributed by atoms with Crippen molar-refractivity contribution in [3.63, 3.8) is 0 Å². The second-order valence-electron chi connectivity index (χ2n) is 14.5. The molecule has 0 amide bonds. The summed E-state index contributed by atoms with van der Waals surface area (Å²) in [7, 11) is -4.40. The van der Waals surface area contributed by atoms with Crippen molar-refractivity contribution < 1.29 is 37.6 Å². The van der Waals surface area contributed by atoms with E-state index in [2.05, 4.69) is 123 Å². The summed E-state index contributed by atoms with van der Waals surface area (Å²) < 4.78 is 32.7. The van der Waals surface area contributed by atoms with Gasteiger partial charge in [-0.15, -0.1) is 0 Å². The molecule has 0 radical (unpaired) electrons. The van der Waals surface area contributed by atoms with Crippen molar-refractivity contribution in [1.29, 1.82) is 0 Å². The third kappa shape index (κ3) is 45.8. The number of unbranched alkanes of at least 4 members (excludes halogenated alkanes) is 8. The maximum absolute atomic E-state index is 12.6. The molecular formula is C51H82NO8P. The van der Waals surface area contributed by atoms with Crippen LogP contribution in [0, 0.1) is 0 Å². The summed E-state index contributed by atoms with van der Waals surface area (Å²) in [5, 5.41) is 0. The Kier molecular flexibility index (Phi) is 43.2. The van der Waals surface area contributed by atoms with Crippen LogP contribution in [0.15, 0.2) is 122 Å². The number of hydrogen-bond donors (Lipinski definition) is 2. The number of phosphoric acid groups is 1. The zero-order chi connectivity index (χ0) is 44.6. The lowest BCUT2D eigenvalue weighted by Crippen LogP contribution is -2.29. The number of carbonyl (C=O) groups excluding carboxylic acids is 2. The Morgan fingerprint density at radius 2 is 0.885 bits per heavy atom. The Morgan fingerprint density at radius 1 is 0.492 bits per heavy atom. The van der Waals surface area contributed by atoms with Gasteiger partial charge < -0.3 is 20.1 Å². The molecule has 0 heterocycles. The molecule has 2 unspecified atom stereocenters. The van der Waals surface area contributed by atoms with Crippen LogP contribution < -0.4 is 5.73 Å². The van der Waals surface area contributed by atoms with Gasteiger partial charge in [0, 0.05) is 19.4 Å². The molecule has 0 aliphatic carbocycles. The number of hydrogen-bond acceptors (Lipinski definition) is 8. The van der Waals surface area contributed by atoms with Gasteiger partial charge >= 0.3 is 19.8 Å². The Hall–Kier alpha value is -3.59. The van der Waals surface area contributed by atoms with Gasteiger partial charge in [-0.25, -0.2) is 4.57 Å². The highest BCUT2D eigenvalue weighted by Gasteiger charge is 2.25. The average Bonchev–Trinajstić information content (AvgIpc) is 3.25. The quantitative estimate of drug-likeness (QED) is 0.0266. The summed E-state index contributed by atoms with van der Waals surface area (Å²) in [5.41, 5.74) is 5.34. The van der Waals surface area contributed by atoms with Crippen LogP contribution in [0.1, 0.15) is 155 Å². The lowest BCUT2D eigenvalue weighted by Gasteiger charge is -2.19. The maximum Gasteiger partial charge on any atom is 0.472 e. The van der Waals surface area contributed by atoms with Gasteiger partial charge in [-0.05, 0) is 89.9 Å². The number of nitrogens with two attached hydrogens (primary N) is 1. The van der Waals surface area contributed by atoms with Crippen molar-refractivity contribution in [1.82, 2.24) is 0 Å². The van der Waals surface area contributed by atoms with Gasteiger partial charge in [0.1, 0.15) is 6.61 Å². The normalized spacial score (nSPS) is 14.4. The highest BCUT2D eigenvalue weighted by atomic mass is 31.2. The zero-order valence-corrected chi connectivity index (χ0v) is 38.7. The minimum Gasteiger partial charge on any atom is -0.462 e. The molecule has 0 aromatic carbocycles. The van der Waals surface area contributed by atoms with Crippen molar-refractivity contribution in [2.45, 2.75) is 161 Å². The Labute approximate surface area is 371 Å². The van der Waals surface area contributed by atoms with E-state index in [0.29, 0.717) is 12.8 Å². The number of carbonyl (C=O) groups is 2. The van der Waals surface area contributed by atoms with Crippen LogP contribution in [-0.4, -0.2) is 49.3 Å². The predicted octanol–water partition coefficient (Wildman–Crippen LogP) is 13.7. The number of allylic oxidation sites excluding steroid dienone is 20. The molecule has 0 aliphatic rings. The summed E-state index contributed by atoms with van der Waals surface area (Å²) in [4.78, 5) is 34.9. The lowest BCUT2D eigenvalue weighted by atomic mass is 10.1. The fraction of sp³-hybridized carbons (Fsp3) is 0.569. The molecule has 9 nitrogen and oxygen atoms in total. The third-order valence-corrected chi connectivity index (χ3v) is 9.84. The van der Waals surface area contributed by atoms with Crippen LogP contribution in [0.5, 0.6) is 0 Å². The van der Waals surface area contributed by atoms with Crippen molar-refractivity contribution in [2.75, 3.05) is 26.4 Å². The minimum absolute atomic E-state index is 0.0360. The maximum atomic E-state index is 12.6. The zero-order valence-electron chi connectivity index (χ0n) is 37.8. The summed E-state index contributed by atoms with van der Waals surface area (Å²) in [6.45, 7) is 3.38. The SMILES string of the molecule is CC/C=C\C/C=C\C/C=C\C/C=C\C/C=C\C/C=C\CCCCCCCCCCC(=O)OC(COC(=O)CC/C=C\C/C=C\C/C=C\C/C=C\CC)COP(=O)(O)OCCN. The molecule has 0 aromatic rings. The van der Waals surface area contributed by atoms with E-state index in [-0.39, 0.29) is 32.6 Å². The molecule has 61 heavy (non-hydrogen) atoms. The van der Waals surface area contributed by atoms with E-state index in [1.54, 1.807) is 0 Å². The molecule has 0 spiro atoms. The molecule has 2 atom stereocenters. The van der Waals surface area contributed by atoms with Gasteiger partial charge in [-0.3, -0.25) is 18.6 Å². The Balaban J connectivity index is 4.17. The van der Waals surface area contributed by atoms with E-state index in [1.165, 1.54) is 25.7 Å². The first-order valence-electron chi connectivity index (χ1n) is 23.0. The molecule has 0 aromatic heterocycles. The Morgan fingerprint density at radius 3 is 1.33 bits per heavy atom. The van der Waals surface area contributed by atoms with Crippen LogP contribution in [0.3, 0.4) is 0 Å². The van der Waals surface area contributed by atoms with E-state index >= 15 is 0 Å². The minimum atomic E-state index is -4.40. The number of rotatable bonds is 41. The molecule has 3 N–H and O–H groups in total. The van der Waals surface area contributed by atoms with Crippen LogP contribution in [0.25, 0.3) is 0 Å². The topological polar surface area (TPSA) is 134 Å². The van der Waals surface area contributed by atoms with Gasteiger partial charge in [-0.2, -0.15) is 0 Å². The first-order chi connectivity index (χ1) is 29.8. The summed E-state index contributed by atoms with van der Waals surface area (Å²) in [6, 6.07) is 0. The van der Waals surface area contributed by atoms with Crippen LogP contribution in [0.2, 0.25) is 0 Å². The molecule has 0 saturated carbocycles. The van der Waals surface area contributed by atoms with E-state index in [1.807, 2.05) is 12.2 Å². The number of phosphoric ester groups is 1. The molecule has 344 valence electrons. The fourth-order valence-electron chi connectivity index (χ4n) is 5.53. The van der Waals surface area contributed by atoms with Crippen LogP contribution in [-0.2, 0) is 32.7 Å². The second-order valence-corrected chi connectivity index (χ2v) is 16.0. The van der Waals surface area contributed by atoms with Gasteiger partial charge in [0.05, 0.1) is 13.2 Å². The van der Waals surface area contributed by atoms with Crippen molar-refractivity contribution in [2.24, 2.45) is 5.73 Å². The average molecular weight is 868 g/mol. The van der Waals surface area contributed by atoms with E-state index in [9.17, 15) is 19.0 Å². The Bertz CT molecular complexity index is 1400. The second kappa shape index (κ2) is 45.9. The van der Waals surface area contributed by atoms with Crippen molar-refractivity contribution in [3.8, 4) is 0 Å². The highest BCUT2D eigenvalue weighted by Crippen LogP contribution is 2.43. The monoisotopic (exact) mass is 868 g/mol.